The van der Waals surface area contributed by atoms with Crippen LogP contribution in [0.4, 0.5) is 0 Å². The first kappa shape index (κ1) is 14.3. The lowest BCUT2D eigenvalue weighted by Crippen LogP contribution is -2.28. The van der Waals surface area contributed by atoms with Gasteiger partial charge >= 0.3 is 0 Å². The highest BCUT2D eigenvalue weighted by Gasteiger charge is 2.12. The highest BCUT2D eigenvalue weighted by Crippen LogP contribution is 2.19. The van der Waals surface area contributed by atoms with Crippen LogP contribution in [0.15, 0.2) is 40.9 Å². The zero-order valence-corrected chi connectivity index (χ0v) is 11.6. The number of rotatable bonds is 6. The first-order chi connectivity index (χ1) is 9.66. The number of nitrogens with one attached hydrogen (secondary N) is 1. The van der Waals surface area contributed by atoms with Gasteiger partial charge in [-0.15, -0.1) is 0 Å². The molecule has 2 aromatic rings. The van der Waals surface area contributed by atoms with Gasteiger partial charge in [-0.1, -0.05) is 35.5 Å². The molecule has 0 spiro atoms. The molecule has 5 nitrogen and oxygen atoms in total. The number of hydrogen-bond donors (Lipinski definition) is 1. The van der Waals surface area contributed by atoms with Crippen molar-refractivity contribution in [3.8, 4) is 11.3 Å². The highest BCUT2D eigenvalue weighted by atomic mass is 16.5. The lowest BCUT2D eigenvalue weighted by atomic mass is 10.1. The van der Waals surface area contributed by atoms with Crippen LogP contribution in [0.1, 0.15) is 24.3 Å². The quantitative estimate of drug-likeness (QED) is 0.822. The molecule has 1 heterocycles. The van der Waals surface area contributed by atoms with Crippen LogP contribution in [0.2, 0.25) is 0 Å². The molecule has 1 amide bonds. The van der Waals surface area contributed by atoms with Gasteiger partial charge in [-0.2, -0.15) is 0 Å². The molecule has 0 bridgehead atoms. The Balaban J connectivity index is 1.90. The molecule has 0 aliphatic heterocycles. The monoisotopic (exact) mass is 274 g/mol. The van der Waals surface area contributed by atoms with Gasteiger partial charge in [0.15, 0.2) is 11.5 Å². The Bertz CT molecular complexity index is 549. The van der Waals surface area contributed by atoms with Gasteiger partial charge in [-0.05, 0) is 13.8 Å². The minimum atomic E-state index is -0.261. The van der Waals surface area contributed by atoms with E-state index in [1.54, 1.807) is 6.07 Å². The third kappa shape index (κ3) is 3.93. The highest BCUT2D eigenvalue weighted by molar-refractivity contribution is 5.93. The first-order valence-electron chi connectivity index (χ1n) is 6.59. The maximum absolute atomic E-state index is 11.8. The maximum Gasteiger partial charge on any atom is 0.273 e. The molecule has 2 rings (SSSR count). The molecular formula is C15H18N2O3. The molecule has 0 fully saturated rings. The van der Waals surface area contributed by atoms with Gasteiger partial charge in [0, 0.05) is 18.2 Å². The molecule has 0 radical (unpaired) electrons. The first-order valence-corrected chi connectivity index (χ1v) is 6.59. The Morgan fingerprint density at radius 3 is 2.80 bits per heavy atom. The zero-order chi connectivity index (χ0) is 14.4. The molecule has 1 aromatic heterocycles. The van der Waals surface area contributed by atoms with Crippen LogP contribution >= 0.6 is 0 Å². The van der Waals surface area contributed by atoms with Crippen molar-refractivity contribution in [1.82, 2.24) is 10.5 Å². The predicted octanol–water partition coefficient (Wildman–Crippen LogP) is 2.50. The van der Waals surface area contributed by atoms with Gasteiger partial charge in [0.2, 0.25) is 0 Å². The Morgan fingerprint density at radius 1 is 1.35 bits per heavy atom. The number of benzene rings is 1. The summed E-state index contributed by atoms with van der Waals surface area (Å²) in [7, 11) is 0. The van der Waals surface area contributed by atoms with Gasteiger partial charge in [-0.3, -0.25) is 4.79 Å². The summed E-state index contributed by atoms with van der Waals surface area (Å²) in [5, 5.41) is 6.51. The molecule has 106 valence electrons. The molecule has 20 heavy (non-hydrogen) atoms. The van der Waals surface area contributed by atoms with Crippen molar-refractivity contribution < 1.29 is 14.1 Å². The topological polar surface area (TPSA) is 64.4 Å². The molecule has 1 N–H and O–H groups in total. The molecule has 0 saturated heterocycles. The van der Waals surface area contributed by atoms with Crippen molar-refractivity contribution in [2.45, 2.75) is 20.0 Å². The van der Waals surface area contributed by atoms with Crippen molar-refractivity contribution in [3.05, 3.63) is 42.1 Å². The minimum Gasteiger partial charge on any atom is -0.377 e. The summed E-state index contributed by atoms with van der Waals surface area (Å²) < 4.78 is 10.5. The number of hydrogen-bond acceptors (Lipinski definition) is 4. The summed E-state index contributed by atoms with van der Waals surface area (Å²) in [6.07, 6.45) is 0.156. The number of carbonyl (C=O) groups is 1. The summed E-state index contributed by atoms with van der Waals surface area (Å²) in [5.74, 6) is 0.317. The molecule has 5 heteroatoms. The van der Waals surface area contributed by atoms with Gasteiger partial charge < -0.3 is 14.6 Å². The summed E-state index contributed by atoms with van der Waals surface area (Å²) in [6, 6.07) is 11.2. The van der Waals surface area contributed by atoms with E-state index in [-0.39, 0.29) is 17.7 Å². The summed E-state index contributed by atoms with van der Waals surface area (Å²) >= 11 is 0. The second kappa shape index (κ2) is 6.86. The Hall–Kier alpha value is -2.14. The van der Waals surface area contributed by atoms with Crippen molar-refractivity contribution in [1.29, 1.82) is 0 Å². The summed E-state index contributed by atoms with van der Waals surface area (Å²) in [4.78, 5) is 11.8. The van der Waals surface area contributed by atoms with Gasteiger partial charge in [-0.25, -0.2) is 0 Å². The summed E-state index contributed by atoms with van der Waals surface area (Å²) in [5.41, 5.74) is 1.16. The van der Waals surface area contributed by atoms with E-state index in [4.69, 9.17) is 9.26 Å². The average Bonchev–Trinajstić information content (AvgIpc) is 2.94. The van der Waals surface area contributed by atoms with Crippen LogP contribution in [0.5, 0.6) is 0 Å². The molecule has 0 unspecified atom stereocenters. The van der Waals surface area contributed by atoms with E-state index in [0.29, 0.717) is 18.9 Å². The minimum absolute atomic E-state index is 0.156. The lowest BCUT2D eigenvalue weighted by molar-refractivity contribution is 0.0743. The van der Waals surface area contributed by atoms with E-state index in [1.165, 1.54) is 0 Å². The van der Waals surface area contributed by atoms with Crippen LogP contribution in [-0.2, 0) is 4.74 Å². The fourth-order valence-electron chi connectivity index (χ4n) is 1.67. The number of nitrogens with zero attached hydrogens (tertiary/aromatic N) is 1. The van der Waals surface area contributed by atoms with E-state index in [0.717, 1.165) is 5.56 Å². The predicted molar refractivity (Wildman–Crippen MR) is 75.4 cm³/mol. The molecule has 1 aromatic carbocycles. The molecule has 0 atom stereocenters. The largest absolute Gasteiger partial charge is 0.377 e. The van der Waals surface area contributed by atoms with E-state index >= 15 is 0 Å². The number of amides is 1. The van der Waals surface area contributed by atoms with Crippen LogP contribution in [0.3, 0.4) is 0 Å². The lowest BCUT2D eigenvalue weighted by Gasteiger charge is -2.07. The molecule has 0 aliphatic carbocycles. The van der Waals surface area contributed by atoms with Crippen molar-refractivity contribution in [2.75, 3.05) is 13.2 Å². The Kier molecular flexibility index (Phi) is 4.90. The van der Waals surface area contributed by atoms with E-state index in [1.807, 2.05) is 44.2 Å². The van der Waals surface area contributed by atoms with Crippen molar-refractivity contribution in [3.63, 3.8) is 0 Å². The number of carbonyl (C=O) groups excluding carboxylic acids is 1. The molecular weight excluding hydrogens is 256 g/mol. The standard InChI is InChI=1S/C15H18N2O3/c1-11(2)19-9-8-16-15(18)13-10-14(20-17-13)12-6-4-3-5-7-12/h3-7,10-11H,8-9H2,1-2H3,(H,16,18). The van der Waals surface area contributed by atoms with Crippen molar-refractivity contribution >= 4 is 5.91 Å². The van der Waals surface area contributed by atoms with Crippen molar-refractivity contribution in [2.24, 2.45) is 0 Å². The maximum atomic E-state index is 11.8. The van der Waals surface area contributed by atoms with Crippen LogP contribution in [0, 0.1) is 0 Å². The second-order valence-electron chi connectivity index (χ2n) is 4.62. The van der Waals surface area contributed by atoms with Crippen LogP contribution < -0.4 is 5.32 Å². The third-order valence-corrected chi connectivity index (χ3v) is 2.64. The normalized spacial score (nSPS) is 10.8. The van der Waals surface area contributed by atoms with Gasteiger partial charge in [0.05, 0.1) is 12.7 Å². The average molecular weight is 274 g/mol. The van der Waals surface area contributed by atoms with Crippen LogP contribution in [-0.4, -0.2) is 30.3 Å². The Morgan fingerprint density at radius 2 is 2.10 bits per heavy atom. The smallest absolute Gasteiger partial charge is 0.273 e. The SMILES string of the molecule is CC(C)OCCNC(=O)c1cc(-c2ccccc2)on1. The fourth-order valence-corrected chi connectivity index (χ4v) is 1.67. The zero-order valence-electron chi connectivity index (χ0n) is 11.6. The molecule has 0 saturated carbocycles. The van der Waals surface area contributed by atoms with E-state index < -0.39 is 0 Å². The number of aromatic nitrogens is 1. The van der Waals surface area contributed by atoms with Crippen LogP contribution in [0.25, 0.3) is 11.3 Å². The number of ether oxygens (including phenoxy) is 1. The molecule has 0 aliphatic rings. The Labute approximate surface area is 117 Å². The summed E-state index contributed by atoms with van der Waals surface area (Å²) in [6.45, 7) is 4.83. The van der Waals surface area contributed by atoms with E-state index in [2.05, 4.69) is 10.5 Å². The fraction of sp³-hybridized carbons (Fsp3) is 0.333. The third-order valence-electron chi connectivity index (χ3n) is 2.64. The van der Waals surface area contributed by atoms with Gasteiger partial charge in [0.1, 0.15) is 0 Å². The van der Waals surface area contributed by atoms with Gasteiger partial charge in [0.25, 0.3) is 5.91 Å². The van der Waals surface area contributed by atoms with E-state index in [9.17, 15) is 4.79 Å². The second-order valence-corrected chi connectivity index (χ2v) is 4.62.